The number of carbonyl (C=O) groups is 1. The lowest BCUT2D eigenvalue weighted by atomic mass is 10.1. The molecule has 1 aromatic rings. The monoisotopic (exact) mass is 206 g/mol. The number of aldehydes is 1. The van der Waals surface area contributed by atoms with Crippen molar-refractivity contribution in [3.8, 4) is 5.75 Å². The van der Waals surface area contributed by atoms with Crippen LogP contribution in [0.25, 0.3) is 0 Å². The van der Waals surface area contributed by atoms with Crippen LogP contribution in [0.5, 0.6) is 5.75 Å². The van der Waals surface area contributed by atoms with Gasteiger partial charge < -0.3 is 9.53 Å². The number of hydrogen-bond acceptors (Lipinski definition) is 2. The van der Waals surface area contributed by atoms with Crippen LogP contribution in [0.1, 0.15) is 30.4 Å². The fourth-order valence-electron chi connectivity index (χ4n) is 1.54. The van der Waals surface area contributed by atoms with Crippen LogP contribution in [-0.2, 0) is 4.79 Å². The summed E-state index contributed by atoms with van der Waals surface area (Å²) < 4.78 is 5.60. The van der Waals surface area contributed by atoms with E-state index >= 15 is 0 Å². The minimum absolute atomic E-state index is 0.635. The van der Waals surface area contributed by atoms with Gasteiger partial charge in [0.25, 0.3) is 0 Å². The summed E-state index contributed by atoms with van der Waals surface area (Å²) in [5.41, 5.74) is 2.44. The SMILES string of the molecule is Cc1cc(C)cc(OCCCCC=O)c1. The van der Waals surface area contributed by atoms with Crippen LogP contribution >= 0.6 is 0 Å². The van der Waals surface area contributed by atoms with Gasteiger partial charge in [-0.15, -0.1) is 0 Å². The molecule has 0 spiro atoms. The molecule has 0 aromatic heterocycles. The summed E-state index contributed by atoms with van der Waals surface area (Å²) in [7, 11) is 0. The van der Waals surface area contributed by atoms with Gasteiger partial charge in [0.05, 0.1) is 6.61 Å². The van der Waals surface area contributed by atoms with E-state index in [2.05, 4.69) is 19.9 Å². The number of unbranched alkanes of at least 4 members (excludes halogenated alkanes) is 2. The minimum atomic E-state index is 0.635. The Labute approximate surface area is 91.3 Å². The molecule has 0 saturated carbocycles. The van der Waals surface area contributed by atoms with Crippen molar-refractivity contribution in [2.75, 3.05) is 6.61 Å². The van der Waals surface area contributed by atoms with Crippen molar-refractivity contribution in [2.45, 2.75) is 33.1 Å². The highest BCUT2D eigenvalue weighted by atomic mass is 16.5. The molecular weight excluding hydrogens is 188 g/mol. The standard InChI is InChI=1S/C13H18O2/c1-11-8-12(2)10-13(9-11)15-7-5-3-4-6-14/h6,8-10H,3-5,7H2,1-2H3. The maximum atomic E-state index is 10.1. The molecule has 0 atom stereocenters. The summed E-state index contributed by atoms with van der Waals surface area (Å²) in [6, 6.07) is 6.19. The maximum Gasteiger partial charge on any atom is 0.119 e. The van der Waals surface area contributed by atoms with E-state index in [1.807, 2.05) is 12.1 Å². The van der Waals surface area contributed by atoms with Gasteiger partial charge >= 0.3 is 0 Å². The maximum absolute atomic E-state index is 10.1. The zero-order valence-electron chi connectivity index (χ0n) is 9.45. The Morgan fingerprint density at radius 2 is 1.80 bits per heavy atom. The number of aryl methyl sites for hydroxylation is 2. The summed E-state index contributed by atoms with van der Waals surface area (Å²) >= 11 is 0. The van der Waals surface area contributed by atoms with Gasteiger partial charge in [-0.05, 0) is 49.9 Å². The van der Waals surface area contributed by atoms with Crippen LogP contribution in [0.15, 0.2) is 18.2 Å². The van der Waals surface area contributed by atoms with Crippen molar-refractivity contribution < 1.29 is 9.53 Å². The molecule has 0 bridgehead atoms. The molecule has 1 rings (SSSR count). The Morgan fingerprint density at radius 1 is 1.13 bits per heavy atom. The topological polar surface area (TPSA) is 26.3 Å². The van der Waals surface area contributed by atoms with Crippen LogP contribution in [-0.4, -0.2) is 12.9 Å². The zero-order chi connectivity index (χ0) is 11.1. The largest absolute Gasteiger partial charge is 0.494 e. The lowest BCUT2D eigenvalue weighted by Crippen LogP contribution is -1.98. The van der Waals surface area contributed by atoms with E-state index < -0.39 is 0 Å². The second-order valence-corrected chi connectivity index (χ2v) is 3.83. The van der Waals surface area contributed by atoms with Crippen LogP contribution in [0.2, 0.25) is 0 Å². The van der Waals surface area contributed by atoms with Crippen molar-refractivity contribution in [2.24, 2.45) is 0 Å². The lowest BCUT2D eigenvalue weighted by molar-refractivity contribution is -0.107. The number of benzene rings is 1. The predicted molar refractivity (Wildman–Crippen MR) is 61.3 cm³/mol. The second kappa shape index (κ2) is 6.23. The van der Waals surface area contributed by atoms with Crippen LogP contribution in [0.3, 0.4) is 0 Å². The quantitative estimate of drug-likeness (QED) is 0.528. The fourth-order valence-corrected chi connectivity index (χ4v) is 1.54. The van der Waals surface area contributed by atoms with Gasteiger partial charge in [0.2, 0.25) is 0 Å². The lowest BCUT2D eigenvalue weighted by Gasteiger charge is -2.07. The summed E-state index contributed by atoms with van der Waals surface area (Å²) in [6.07, 6.45) is 3.44. The first-order valence-electron chi connectivity index (χ1n) is 5.37. The second-order valence-electron chi connectivity index (χ2n) is 3.83. The first kappa shape index (κ1) is 11.8. The summed E-state index contributed by atoms with van der Waals surface area (Å²) in [4.78, 5) is 10.1. The van der Waals surface area contributed by atoms with E-state index in [-0.39, 0.29) is 0 Å². The molecule has 0 amide bonds. The summed E-state index contributed by atoms with van der Waals surface area (Å²) in [6.45, 7) is 4.81. The third-order valence-electron chi connectivity index (χ3n) is 2.18. The van der Waals surface area contributed by atoms with E-state index in [1.54, 1.807) is 0 Å². The highest BCUT2D eigenvalue weighted by Gasteiger charge is 1.96. The van der Waals surface area contributed by atoms with Crippen molar-refractivity contribution in [3.63, 3.8) is 0 Å². The number of ether oxygens (including phenoxy) is 1. The number of rotatable bonds is 6. The molecule has 0 unspecified atom stereocenters. The van der Waals surface area contributed by atoms with E-state index in [4.69, 9.17) is 4.74 Å². The van der Waals surface area contributed by atoms with Crippen LogP contribution < -0.4 is 4.74 Å². The Hall–Kier alpha value is -1.31. The molecule has 0 N–H and O–H groups in total. The highest BCUT2D eigenvalue weighted by Crippen LogP contribution is 2.16. The molecule has 0 fully saturated rings. The molecule has 0 aliphatic carbocycles. The normalized spacial score (nSPS) is 10.0. The fraction of sp³-hybridized carbons (Fsp3) is 0.462. The first-order chi connectivity index (χ1) is 7.22. The van der Waals surface area contributed by atoms with Gasteiger partial charge in [-0.25, -0.2) is 0 Å². The zero-order valence-corrected chi connectivity index (χ0v) is 9.45. The number of carbonyl (C=O) groups excluding carboxylic acids is 1. The van der Waals surface area contributed by atoms with Crippen molar-refractivity contribution in [3.05, 3.63) is 29.3 Å². The van der Waals surface area contributed by atoms with Crippen molar-refractivity contribution in [1.82, 2.24) is 0 Å². The van der Waals surface area contributed by atoms with Crippen LogP contribution in [0, 0.1) is 13.8 Å². The number of hydrogen-bond donors (Lipinski definition) is 0. The first-order valence-corrected chi connectivity index (χ1v) is 5.37. The Kier molecular flexibility index (Phi) is 4.88. The van der Waals surface area contributed by atoms with E-state index in [9.17, 15) is 4.79 Å². The van der Waals surface area contributed by atoms with Gasteiger partial charge in [-0.1, -0.05) is 6.07 Å². The summed E-state index contributed by atoms with van der Waals surface area (Å²) in [5.74, 6) is 0.929. The van der Waals surface area contributed by atoms with Gasteiger partial charge in [-0.2, -0.15) is 0 Å². The van der Waals surface area contributed by atoms with E-state index in [0.29, 0.717) is 13.0 Å². The molecular formula is C13H18O2. The average molecular weight is 206 g/mol. The molecule has 82 valence electrons. The Balaban J connectivity index is 2.33. The van der Waals surface area contributed by atoms with E-state index in [1.165, 1.54) is 11.1 Å². The van der Waals surface area contributed by atoms with Gasteiger partial charge in [-0.3, -0.25) is 0 Å². The molecule has 0 aliphatic heterocycles. The minimum Gasteiger partial charge on any atom is -0.494 e. The van der Waals surface area contributed by atoms with Gasteiger partial charge in [0.15, 0.2) is 0 Å². The van der Waals surface area contributed by atoms with E-state index in [0.717, 1.165) is 24.9 Å². The van der Waals surface area contributed by atoms with Gasteiger partial charge in [0.1, 0.15) is 12.0 Å². The molecule has 0 saturated heterocycles. The third-order valence-corrected chi connectivity index (χ3v) is 2.18. The Morgan fingerprint density at radius 3 is 2.40 bits per heavy atom. The molecule has 0 heterocycles. The molecule has 2 heteroatoms. The predicted octanol–water partition coefficient (Wildman–Crippen LogP) is 3.05. The third kappa shape index (κ3) is 4.63. The average Bonchev–Trinajstić information content (AvgIpc) is 2.16. The van der Waals surface area contributed by atoms with Crippen molar-refractivity contribution >= 4 is 6.29 Å². The summed E-state index contributed by atoms with van der Waals surface area (Å²) in [5, 5.41) is 0. The van der Waals surface area contributed by atoms with Crippen LogP contribution in [0.4, 0.5) is 0 Å². The highest BCUT2D eigenvalue weighted by molar-refractivity contribution is 5.48. The Bertz CT molecular complexity index is 298. The smallest absolute Gasteiger partial charge is 0.119 e. The molecule has 0 radical (unpaired) electrons. The molecule has 2 nitrogen and oxygen atoms in total. The molecule has 15 heavy (non-hydrogen) atoms. The molecule has 0 aliphatic rings. The van der Waals surface area contributed by atoms with Crippen molar-refractivity contribution in [1.29, 1.82) is 0 Å². The van der Waals surface area contributed by atoms with Gasteiger partial charge in [0, 0.05) is 6.42 Å². The molecule has 1 aromatic carbocycles.